The number of fused-ring (bicyclic) bond motifs is 1. The van der Waals surface area contributed by atoms with Gasteiger partial charge in [0.15, 0.2) is 5.65 Å². The molecule has 0 fully saturated rings. The Morgan fingerprint density at radius 1 is 1.25 bits per heavy atom. The van der Waals surface area contributed by atoms with Crippen molar-refractivity contribution in [2.24, 2.45) is 5.92 Å². The number of carbonyl (C=O) groups is 1. The van der Waals surface area contributed by atoms with Gasteiger partial charge in [-0.15, -0.1) is 0 Å². The molecule has 1 amide bonds. The van der Waals surface area contributed by atoms with Crippen molar-refractivity contribution < 1.29 is 9.90 Å². The Morgan fingerprint density at radius 3 is 2.46 bits per heavy atom. The van der Waals surface area contributed by atoms with Gasteiger partial charge < -0.3 is 10.4 Å². The number of hydrogen-bond acceptors (Lipinski definition) is 4. The van der Waals surface area contributed by atoms with E-state index in [0.29, 0.717) is 5.56 Å². The maximum Gasteiger partial charge on any atom is 0.252 e. The molecule has 0 spiro atoms. The van der Waals surface area contributed by atoms with E-state index in [9.17, 15) is 9.90 Å². The van der Waals surface area contributed by atoms with Gasteiger partial charge in [0, 0.05) is 18.3 Å². The molecule has 1 atom stereocenters. The summed E-state index contributed by atoms with van der Waals surface area (Å²) in [5.74, 6) is 0.0997. The third-order valence-corrected chi connectivity index (χ3v) is 4.15. The zero-order valence-electron chi connectivity index (χ0n) is 15.4. The number of aromatic nitrogens is 3. The van der Waals surface area contributed by atoms with Gasteiger partial charge in [-0.25, -0.2) is 9.67 Å². The number of rotatable bonds is 6. The Kier molecular flexibility index (Phi) is 5.59. The standard InChI is InChI=1S/C18H28N4O2/c1-10(2)15-7-13(18(24)19-9-16(23)11(3)4)14-8-20-22(12(5)6)17(14)21-15/h7-8,10-12,16,23H,9H2,1-6H3,(H,19,24). The van der Waals surface area contributed by atoms with Crippen LogP contribution in [0.3, 0.4) is 0 Å². The molecule has 0 aromatic carbocycles. The molecule has 0 aliphatic carbocycles. The van der Waals surface area contributed by atoms with Crippen molar-refractivity contribution in [3.8, 4) is 0 Å². The average Bonchev–Trinajstić information content (AvgIpc) is 2.94. The molecule has 24 heavy (non-hydrogen) atoms. The number of aliphatic hydroxyl groups is 1. The van der Waals surface area contributed by atoms with Gasteiger partial charge in [0.05, 0.1) is 23.3 Å². The third kappa shape index (κ3) is 3.75. The second-order valence-corrected chi connectivity index (χ2v) is 7.19. The molecule has 0 aliphatic rings. The SMILES string of the molecule is CC(C)c1cc(C(=O)NCC(O)C(C)C)c2cnn(C(C)C)c2n1. The van der Waals surface area contributed by atoms with Crippen molar-refractivity contribution in [3.63, 3.8) is 0 Å². The minimum Gasteiger partial charge on any atom is -0.391 e. The molecule has 132 valence electrons. The molecular weight excluding hydrogens is 304 g/mol. The maximum atomic E-state index is 12.7. The fraction of sp³-hybridized carbons (Fsp3) is 0.611. The summed E-state index contributed by atoms with van der Waals surface area (Å²) in [6.07, 6.45) is 1.13. The Bertz CT molecular complexity index is 719. The normalized spacial score (nSPS) is 13.2. The van der Waals surface area contributed by atoms with Crippen molar-refractivity contribution >= 4 is 16.9 Å². The molecule has 0 bridgehead atoms. The van der Waals surface area contributed by atoms with Gasteiger partial charge >= 0.3 is 0 Å². The lowest BCUT2D eigenvalue weighted by atomic mass is 10.0. The summed E-state index contributed by atoms with van der Waals surface area (Å²) in [6.45, 7) is 12.2. The molecule has 2 N–H and O–H groups in total. The summed E-state index contributed by atoms with van der Waals surface area (Å²) in [4.78, 5) is 17.3. The Morgan fingerprint density at radius 2 is 1.92 bits per heavy atom. The second-order valence-electron chi connectivity index (χ2n) is 7.19. The van der Waals surface area contributed by atoms with Crippen molar-refractivity contribution in [2.75, 3.05) is 6.54 Å². The highest BCUT2D eigenvalue weighted by atomic mass is 16.3. The molecule has 2 heterocycles. The number of carbonyl (C=O) groups excluding carboxylic acids is 1. The van der Waals surface area contributed by atoms with Crippen LogP contribution in [-0.4, -0.2) is 38.4 Å². The summed E-state index contributed by atoms with van der Waals surface area (Å²) in [5.41, 5.74) is 2.15. The number of aliphatic hydroxyl groups excluding tert-OH is 1. The highest BCUT2D eigenvalue weighted by molar-refractivity contribution is 6.05. The van der Waals surface area contributed by atoms with Crippen LogP contribution in [0.5, 0.6) is 0 Å². The summed E-state index contributed by atoms with van der Waals surface area (Å²) in [5, 5.41) is 17.9. The molecule has 1 unspecified atom stereocenters. The third-order valence-electron chi connectivity index (χ3n) is 4.15. The van der Waals surface area contributed by atoms with Crippen LogP contribution in [0, 0.1) is 5.92 Å². The van der Waals surface area contributed by atoms with E-state index >= 15 is 0 Å². The molecule has 6 heteroatoms. The highest BCUT2D eigenvalue weighted by Crippen LogP contribution is 2.24. The quantitative estimate of drug-likeness (QED) is 0.852. The fourth-order valence-corrected chi connectivity index (χ4v) is 2.43. The second kappa shape index (κ2) is 7.30. The zero-order valence-corrected chi connectivity index (χ0v) is 15.4. The number of nitrogens with one attached hydrogen (secondary N) is 1. The molecule has 2 rings (SSSR count). The van der Waals surface area contributed by atoms with Gasteiger partial charge in [-0.3, -0.25) is 4.79 Å². The topological polar surface area (TPSA) is 80.0 Å². The Hall–Kier alpha value is -1.95. The minimum atomic E-state index is -0.561. The molecule has 0 saturated carbocycles. The van der Waals surface area contributed by atoms with Crippen LogP contribution in [0.4, 0.5) is 0 Å². The van der Waals surface area contributed by atoms with Crippen molar-refractivity contribution in [2.45, 2.75) is 59.6 Å². The number of amides is 1. The predicted molar refractivity (Wildman–Crippen MR) is 95.2 cm³/mol. The van der Waals surface area contributed by atoms with E-state index in [1.165, 1.54) is 0 Å². The van der Waals surface area contributed by atoms with E-state index in [1.807, 2.05) is 38.4 Å². The predicted octanol–water partition coefficient (Wildman–Crippen LogP) is 2.88. The van der Waals surface area contributed by atoms with Crippen LogP contribution in [0.15, 0.2) is 12.3 Å². The summed E-state index contributed by atoms with van der Waals surface area (Å²) < 4.78 is 1.83. The van der Waals surface area contributed by atoms with Gasteiger partial charge in [-0.05, 0) is 31.7 Å². The fourth-order valence-electron chi connectivity index (χ4n) is 2.43. The number of hydrogen-bond donors (Lipinski definition) is 2. The van der Waals surface area contributed by atoms with Crippen LogP contribution in [0.2, 0.25) is 0 Å². The van der Waals surface area contributed by atoms with Crippen molar-refractivity contribution in [3.05, 3.63) is 23.5 Å². The monoisotopic (exact) mass is 332 g/mol. The number of pyridine rings is 1. The van der Waals surface area contributed by atoms with Gasteiger partial charge in [-0.1, -0.05) is 27.7 Å². The first-order chi connectivity index (χ1) is 11.2. The molecule has 0 saturated heterocycles. The first kappa shape index (κ1) is 18.4. The van der Waals surface area contributed by atoms with Crippen molar-refractivity contribution in [1.29, 1.82) is 0 Å². The lowest BCUT2D eigenvalue weighted by Crippen LogP contribution is -2.34. The van der Waals surface area contributed by atoms with E-state index in [0.717, 1.165) is 16.7 Å². The molecule has 0 aliphatic heterocycles. The molecular formula is C18H28N4O2. The van der Waals surface area contributed by atoms with Crippen LogP contribution in [-0.2, 0) is 0 Å². The lowest BCUT2D eigenvalue weighted by Gasteiger charge is -2.16. The Balaban J connectivity index is 2.42. The van der Waals surface area contributed by atoms with Gasteiger partial charge in [-0.2, -0.15) is 5.10 Å². The molecule has 6 nitrogen and oxygen atoms in total. The van der Waals surface area contributed by atoms with E-state index in [4.69, 9.17) is 4.98 Å². The van der Waals surface area contributed by atoms with Gasteiger partial charge in [0.25, 0.3) is 5.91 Å². The average molecular weight is 332 g/mol. The first-order valence-electron chi connectivity index (χ1n) is 8.56. The van der Waals surface area contributed by atoms with Gasteiger partial charge in [0.1, 0.15) is 0 Å². The van der Waals surface area contributed by atoms with E-state index in [-0.39, 0.29) is 30.3 Å². The smallest absolute Gasteiger partial charge is 0.252 e. The summed E-state index contributed by atoms with van der Waals surface area (Å²) >= 11 is 0. The molecule has 2 aromatic rings. The van der Waals surface area contributed by atoms with E-state index in [2.05, 4.69) is 24.3 Å². The van der Waals surface area contributed by atoms with E-state index < -0.39 is 6.10 Å². The summed E-state index contributed by atoms with van der Waals surface area (Å²) in [7, 11) is 0. The largest absolute Gasteiger partial charge is 0.391 e. The Labute approximate surface area is 143 Å². The van der Waals surface area contributed by atoms with Crippen LogP contribution in [0.1, 0.15) is 69.6 Å². The van der Waals surface area contributed by atoms with Crippen LogP contribution in [0.25, 0.3) is 11.0 Å². The molecule has 2 aromatic heterocycles. The first-order valence-corrected chi connectivity index (χ1v) is 8.56. The highest BCUT2D eigenvalue weighted by Gasteiger charge is 2.19. The number of nitrogens with zero attached hydrogens (tertiary/aromatic N) is 3. The van der Waals surface area contributed by atoms with Gasteiger partial charge in [0.2, 0.25) is 0 Å². The van der Waals surface area contributed by atoms with Crippen LogP contribution < -0.4 is 5.32 Å². The van der Waals surface area contributed by atoms with E-state index in [1.54, 1.807) is 6.20 Å². The lowest BCUT2D eigenvalue weighted by molar-refractivity contribution is 0.0873. The maximum absolute atomic E-state index is 12.7. The zero-order chi connectivity index (χ0) is 18.0. The molecule has 0 radical (unpaired) electrons. The summed E-state index contributed by atoms with van der Waals surface area (Å²) in [6, 6.07) is 1.99. The van der Waals surface area contributed by atoms with Crippen LogP contribution >= 0.6 is 0 Å². The van der Waals surface area contributed by atoms with Crippen molar-refractivity contribution in [1.82, 2.24) is 20.1 Å². The minimum absolute atomic E-state index is 0.0951.